The molecule has 0 aromatic carbocycles. The van der Waals surface area contributed by atoms with E-state index in [-0.39, 0.29) is 0 Å². The first-order valence-electron chi connectivity index (χ1n) is 3.97. The van der Waals surface area contributed by atoms with Crippen LogP contribution in [-0.4, -0.2) is 11.9 Å². The first-order valence-corrected chi connectivity index (χ1v) is 3.97. The van der Waals surface area contributed by atoms with E-state index in [9.17, 15) is 0 Å². The Balaban J connectivity index is 3.07. The van der Waals surface area contributed by atoms with Gasteiger partial charge in [0.05, 0.1) is 5.70 Å². The zero-order valence-electron chi connectivity index (χ0n) is 7.79. The highest BCUT2D eigenvalue weighted by Crippen LogP contribution is 2.29. The first kappa shape index (κ1) is 9.39. The van der Waals surface area contributed by atoms with Crippen LogP contribution in [0.5, 0.6) is 0 Å². The molecule has 0 radical (unpaired) electrons. The van der Waals surface area contributed by atoms with E-state index in [0.29, 0.717) is 5.88 Å². The van der Waals surface area contributed by atoms with Gasteiger partial charge in [0.15, 0.2) is 11.6 Å². The summed E-state index contributed by atoms with van der Waals surface area (Å²) in [6.07, 6.45) is 7.06. The number of rotatable bonds is 2. The Kier molecular flexibility index (Phi) is 2.75. The average Bonchev–Trinajstić information content (AvgIpc) is 2.34. The minimum Gasteiger partial charge on any atom is -0.439 e. The van der Waals surface area contributed by atoms with Gasteiger partial charge in [-0.2, -0.15) is 0 Å². The van der Waals surface area contributed by atoms with Gasteiger partial charge in [0, 0.05) is 7.05 Å². The lowest BCUT2D eigenvalue weighted by Gasteiger charge is -2.08. The average molecular weight is 175 g/mol. The molecule has 0 aliphatic carbocycles. The van der Waals surface area contributed by atoms with Crippen LogP contribution >= 0.6 is 0 Å². The van der Waals surface area contributed by atoms with Crippen LogP contribution in [0.4, 0.5) is 0 Å². The SMILES string of the molecule is C=C/C=C1/OC(=C)N(C)/C1=C/C=C. The largest absolute Gasteiger partial charge is 0.439 e. The van der Waals surface area contributed by atoms with Crippen molar-refractivity contribution in [1.29, 1.82) is 0 Å². The third-order valence-corrected chi connectivity index (χ3v) is 1.76. The molecule has 13 heavy (non-hydrogen) atoms. The summed E-state index contributed by atoms with van der Waals surface area (Å²) in [5.74, 6) is 1.36. The van der Waals surface area contributed by atoms with Gasteiger partial charge in [-0.1, -0.05) is 25.3 Å². The highest BCUT2D eigenvalue weighted by Gasteiger charge is 2.23. The quantitative estimate of drug-likeness (QED) is 0.639. The van der Waals surface area contributed by atoms with Gasteiger partial charge < -0.3 is 9.64 Å². The van der Waals surface area contributed by atoms with E-state index in [2.05, 4.69) is 19.7 Å². The molecule has 0 saturated carbocycles. The molecule has 0 atom stereocenters. The van der Waals surface area contributed by atoms with Crippen LogP contribution in [0.1, 0.15) is 0 Å². The number of nitrogens with zero attached hydrogens (tertiary/aromatic N) is 1. The van der Waals surface area contributed by atoms with Crippen LogP contribution in [0.3, 0.4) is 0 Å². The number of ether oxygens (including phenoxy) is 1. The zero-order chi connectivity index (χ0) is 9.84. The summed E-state index contributed by atoms with van der Waals surface area (Å²) in [7, 11) is 1.89. The maximum Gasteiger partial charge on any atom is 0.193 e. The molecule has 68 valence electrons. The van der Waals surface area contributed by atoms with Gasteiger partial charge in [-0.15, -0.1) is 0 Å². The summed E-state index contributed by atoms with van der Waals surface area (Å²) in [4.78, 5) is 1.86. The van der Waals surface area contributed by atoms with Crippen molar-refractivity contribution in [2.24, 2.45) is 0 Å². The molecule has 0 spiro atoms. The Morgan fingerprint density at radius 1 is 1.23 bits per heavy atom. The molecule has 0 unspecified atom stereocenters. The van der Waals surface area contributed by atoms with Crippen LogP contribution in [0.15, 0.2) is 61.4 Å². The van der Waals surface area contributed by atoms with Crippen LogP contribution < -0.4 is 0 Å². The van der Waals surface area contributed by atoms with Gasteiger partial charge in [0.2, 0.25) is 0 Å². The highest BCUT2D eigenvalue weighted by atomic mass is 16.5. The predicted molar refractivity (Wildman–Crippen MR) is 54.5 cm³/mol. The zero-order valence-corrected chi connectivity index (χ0v) is 7.79. The smallest absolute Gasteiger partial charge is 0.193 e. The van der Waals surface area contributed by atoms with Crippen molar-refractivity contribution in [3.8, 4) is 0 Å². The first-order chi connectivity index (χ1) is 6.20. The van der Waals surface area contributed by atoms with Gasteiger partial charge in [0.25, 0.3) is 0 Å². The monoisotopic (exact) mass is 175 g/mol. The second-order valence-electron chi connectivity index (χ2n) is 2.61. The van der Waals surface area contributed by atoms with Crippen LogP contribution in [-0.2, 0) is 4.74 Å². The van der Waals surface area contributed by atoms with Crippen LogP contribution in [0.25, 0.3) is 0 Å². The van der Waals surface area contributed by atoms with E-state index in [0.717, 1.165) is 11.5 Å². The maximum atomic E-state index is 5.38. The predicted octanol–water partition coefficient (Wildman–Crippen LogP) is 2.56. The van der Waals surface area contributed by atoms with E-state index in [1.165, 1.54) is 0 Å². The van der Waals surface area contributed by atoms with Crippen molar-refractivity contribution >= 4 is 0 Å². The van der Waals surface area contributed by atoms with Crippen molar-refractivity contribution in [2.45, 2.75) is 0 Å². The highest BCUT2D eigenvalue weighted by molar-refractivity contribution is 5.36. The van der Waals surface area contributed by atoms with Crippen molar-refractivity contribution in [3.05, 3.63) is 61.4 Å². The molecular formula is C11H13NO. The van der Waals surface area contributed by atoms with Crippen LogP contribution in [0.2, 0.25) is 0 Å². The summed E-state index contributed by atoms with van der Waals surface area (Å²) >= 11 is 0. The second kappa shape index (κ2) is 3.81. The second-order valence-corrected chi connectivity index (χ2v) is 2.61. The summed E-state index contributed by atoms with van der Waals surface area (Å²) in [6.45, 7) is 11.0. The molecule has 1 fully saturated rings. The van der Waals surface area contributed by atoms with E-state index in [4.69, 9.17) is 4.74 Å². The number of hydrogen-bond acceptors (Lipinski definition) is 2. The van der Waals surface area contributed by atoms with Crippen molar-refractivity contribution in [2.75, 3.05) is 7.05 Å². The number of hydrogen-bond donors (Lipinski definition) is 0. The summed E-state index contributed by atoms with van der Waals surface area (Å²) in [5, 5.41) is 0. The van der Waals surface area contributed by atoms with Gasteiger partial charge in [0.1, 0.15) is 0 Å². The number of allylic oxidation sites excluding steroid dienone is 4. The Bertz CT molecular complexity index is 310. The molecule has 0 amide bonds. The minimum atomic E-state index is 0.612. The third kappa shape index (κ3) is 1.72. The molecule has 0 aromatic heterocycles. The lowest BCUT2D eigenvalue weighted by atomic mass is 10.3. The molecule has 1 aliphatic rings. The normalized spacial score (nSPS) is 22.2. The molecule has 1 heterocycles. The van der Waals surface area contributed by atoms with E-state index >= 15 is 0 Å². The summed E-state index contributed by atoms with van der Waals surface area (Å²) < 4.78 is 5.38. The standard InChI is InChI=1S/C11H13NO/c1-5-7-10-11(8-6-2)13-9(3)12(10)4/h5-8H,1-3H2,4H3/b10-7+,11-8+. The van der Waals surface area contributed by atoms with E-state index in [1.807, 2.05) is 18.0 Å². The molecule has 2 heteroatoms. The summed E-state index contributed by atoms with van der Waals surface area (Å²) in [6, 6.07) is 0. The molecule has 1 aliphatic heterocycles. The van der Waals surface area contributed by atoms with Gasteiger partial charge in [-0.25, -0.2) is 0 Å². The maximum absolute atomic E-state index is 5.38. The lowest BCUT2D eigenvalue weighted by Crippen LogP contribution is -2.07. The molecule has 1 rings (SSSR count). The van der Waals surface area contributed by atoms with Gasteiger partial charge >= 0.3 is 0 Å². The Morgan fingerprint density at radius 3 is 2.38 bits per heavy atom. The van der Waals surface area contributed by atoms with Crippen molar-refractivity contribution < 1.29 is 4.74 Å². The third-order valence-electron chi connectivity index (χ3n) is 1.76. The fourth-order valence-electron chi connectivity index (χ4n) is 1.08. The molecule has 0 bridgehead atoms. The van der Waals surface area contributed by atoms with E-state index < -0.39 is 0 Å². The number of likely N-dealkylation sites (N-methyl/N-ethyl adjacent to an activating group) is 1. The van der Waals surface area contributed by atoms with Crippen LogP contribution in [0, 0.1) is 0 Å². The van der Waals surface area contributed by atoms with Crippen molar-refractivity contribution in [1.82, 2.24) is 4.90 Å². The Labute approximate surface area is 78.8 Å². The topological polar surface area (TPSA) is 12.5 Å². The minimum absolute atomic E-state index is 0.612. The van der Waals surface area contributed by atoms with Gasteiger partial charge in [-0.05, 0) is 18.7 Å². The lowest BCUT2D eigenvalue weighted by molar-refractivity contribution is 0.296. The summed E-state index contributed by atoms with van der Waals surface area (Å²) in [5.41, 5.74) is 0.944. The molecular weight excluding hydrogens is 162 g/mol. The Hall–Kier alpha value is -1.70. The van der Waals surface area contributed by atoms with Crippen molar-refractivity contribution in [3.63, 3.8) is 0 Å². The molecule has 0 aromatic rings. The Morgan fingerprint density at radius 2 is 1.85 bits per heavy atom. The molecule has 2 nitrogen and oxygen atoms in total. The van der Waals surface area contributed by atoms with E-state index in [1.54, 1.807) is 18.2 Å². The van der Waals surface area contributed by atoms with Gasteiger partial charge in [-0.3, -0.25) is 0 Å². The molecule has 1 saturated heterocycles. The fourth-order valence-corrected chi connectivity index (χ4v) is 1.08. The molecule has 0 N–H and O–H groups in total. The fraction of sp³-hybridized carbons (Fsp3) is 0.0909.